The van der Waals surface area contributed by atoms with Crippen LogP contribution < -0.4 is 5.73 Å². The molecule has 0 spiro atoms. The van der Waals surface area contributed by atoms with Crippen molar-refractivity contribution < 1.29 is 5.11 Å². The highest BCUT2D eigenvalue weighted by atomic mass is 16.3. The van der Waals surface area contributed by atoms with Crippen molar-refractivity contribution in [2.75, 3.05) is 12.3 Å². The molecule has 162 valence electrons. The van der Waals surface area contributed by atoms with Crippen LogP contribution in [0.25, 0.3) is 17.1 Å². The molecular formula is C26H27N5O. The molecule has 2 aromatic heterocycles. The van der Waals surface area contributed by atoms with Gasteiger partial charge in [-0.25, -0.2) is 9.97 Å². The van der Waals surface area contributed by atoms with Crippen LogP contribution in [0.2, 0.25) is 0 Å². The zero-order chi connectivity index (χ0) is 22.2. The molecule has 5 rings (SSSR count). The summed E-state index contributed by atoms with van der Waals surface area (Å²) in [4.78, 5) is 11.9. The molecule has 0 radical (unpaired) electrons. The third-order valence-electron chi connectivity index (χ3n) is 6.20. The minimum atomic E-state index is 0.280. The summed E-state index contributed by atoms with van der Waals surface area (Å²) in [6.07, 6.45) is 2.88. The molecule has 2 aromatic carbocycles. The first-order valence-corrected chi connectivity index (χ1v) is 10.9. The van der Waals surface area contributed by atoms with Crippen LogP contribution in [0.15, 0.2) is 60.8 Å². The van der Waals surface area contributed by atoms with Gasteiger partial charge in [0.15, 0.2) is 5.82 Å². The molecular weight excluding hydrogens is 398 g/mol. The van der Waals surface area contributed by atoms with E-state index in [0.717, 1.165) is 60.2 Å². The summed E-state index contributed by atoms with van der Waals surface area (Å²) in [5.41, 5.74) is 14.5. The number of hydrogen-bond donors (Lipinski definition) is 2. The van der Waals surface area contributed by atoms with E-state index in [-0.39, 0.29) is 5.75 Å². The van der Waals surface area contributed by atoms with E-state index in [4.69, 9.17) is 10.7 Å². The number of phenolic OH excluding ortho intramolecular Hbond substituents is 1. The second-order valence-corrected chi connectivity index (χ2v) is 8.50. The fourth-order valence-corrected chi connectivity index (χ4v) is 4.54. The number of aromatic hydroxyl groups is 1. The number of benzene rings is 2. The topological polar surface area (TPSA) is 80.2 Å². The van der Waals surface area contributed by atoms with Crippen LogP contribution in [0.1, 0.15) is 28.2 Å². The average Bonchev–Trinajstić information content (AvgIpc) is 3.06. The maximum absolute atomic E-state index is 9.88. The quantitative estimate of drug-likeness (QED) is 0.474. The maximum Gasteiger partial charge on any atom is 0.159 e. The molecule has 1 aliphatic heterocycles. The lowest BCUT2D eigenvalue weighted by molar-refractivity contribution is 0.242. The summed E-state index contributed by atoms with van der Waals surface area (Å²) in [5.74, 6) is 1.04. The van der Waals surface area contributed by atoms with Crippen molar-refractivity contribution in [3.05, 3.63) is 89.0 Å². The highest BCUT2D eigenvalue weighted by molar-refractivity contribution is 5.58. The Balaban J connectivity index is 1.35. The zero-order valence-corrected chi connectivity index (χ0v) is 18.4. The summed E-state index contributed by atoms with van der Waals surface area (Å²) < 4.78 is 2.20. The number of hydrogen-bond acceptors (Lipinski definition) is 5. The Hall–Kier alpha value is -3.64. The van der Waals surface area contributed by atoms with Crippen LogP contribution in [0.5, 0.6) is 5.75 Å². The molecule has 6 nitrogen and oxygen atoms in total. The van der Waals surface area contributed by atoms with E-state index >= 15 is 0 Å². The van der Waals surface area contributed by atoms with Gasteiger partial charge >= 0.3 is 0 Å². The Morgan fingerprint density at radius 3 is 2.66 bits per heavy atom. The molecule has 0 saturated heterocycles. The molecule has 0 atom stereocenters. The lowest BCUT2D eigenvalue weighted by atomic mass is 10.1. The summed E-state index contributed by atoms with van der Waals surface area (Å²) in [6, 6.07) is 17.3. The van der Waals surface area contributed by atoms with Crippen LogP contribution in [0, 0.1) is 13.8 Å². The molecule has 0 amide bonds. The standard InChI is InChI=1S/C26H27N5O/c1-17-12-20(18(2)31(17)23-4-3-5-24(32)13-23)15-30-11-10-25-21(16-30)14-28-26(29-25)19-6-8-22(27)9-7-19/h3-9,12-14,32H,10-11,15-16,27H2,1-2H3. The molecule has 0 saturated carbocycles. The Morgan fingerprint density at radius 1 is 1.06 bits per heavy atom. The van der Waals surface area contributed by atoms with Crippen LogP contribution in [-0.4, -0.2) is 31.1 Å². The van der Waals surface area contributed by atoms with Gasteiger partial charge < -0.3 is 15.4 Å². The van der Waals surface area contributed by atoms with Crippen LogP contribution in [0.3, 0.4) is 0 Å². The average molecular weight is 426 g/mol. The lowest BCUT2D eigenvalue weighted by Gasteiger charge is -2.28. The Morgan fingerprint density at radius 2 is 1.88 bits per heavy atom. The van der Waals surface area contributed by atoms with E-state index in [9.17, 15) is 5.11 Å². The third kappa shape index (κ3) is 3.85. The first-order valence-electron chi connectivity index (χ1n) is 10.9. The summed E-state index contributed by atoms with van der Waals surface area (Å²) >= 11 is 0. The minimum absolute atomic E-state index is 0.280. The van der Waals surface area contributed by atoms with Crippen molar-refractivity contribution in [2.45, 2.75) is 33.4 Å². The Labute approximate surface area is 188 Å². The van der Waals surface area contributed by atoms with Crippen molar-refractivity contribution in [1.29, 1.82) is 0 Å². The normalized spacial score (nSPS) is 13.8. The van der Waals surface area contributed by atoms with Crippen molar-refractivity contribution in [3.63, 3.8) is 0 Å². The number of nitrogens with zero attached hydrogens (tertiary/aromatic N) is 4. The van der Waals surface area contributed by atoms with Gasteiger partial charge in [-0.2, -0.15) is 0 Å². The smallest absolute Gasteiger partial charge is 0.159 e. The van der Waals surface area contributed by atoms with Gasteiger partial charge in [0.2, 0.25) is 0 Å². The monoisotopic (exact) mass is 425 g/mol. The summed E-state index contributed by atoms with van der Waals surface area (Å²) in [5, 5.41) is 9.88. The summed E-state index contributed by atoms with van der Waals surface area (Å²) in [7, 11) is 0. The molecule has 32 heavy (non-hydrogen) atoms. The van der Waals surface area contributed by atoms with E-state index in [2.05, 4.69) is 34.4 Å². The van der Waals surface area contributed by atoms with E-state index < -0.39 is 0 Å². The van der Waals surface area contributed by atoms with Crippen molar-refractivity contribution in [2.24, 2.45) is 0 Å². The molecule has 3 heterocycles. The fourth-order valence-electron chi connectivity index (χ4n) is 4.54. The molecule has 3 N–H and O–H groups in total. The van der Waals surface area contributed by atoms with Gasteiger partial charge in [0, 0.05) is 72.2 Å². The largest absolute Gasteiger partial charge is 0.508 e. The number of rotatable bonds is 4. The number of aromatic nitrogens is 3. The van der Waals surface area contributed by atoms with Gasteiger partial charge in [-0.05, 0) is 61.9 Å². The van der Waals surface area contributed by atoms with E-state index in [0.29, 0.717) is 0 Å². The number of aryl methyl sites for hydroxylation is 1. The number of nitrogen functional groups attached to an aromatic ring is 1. The lowest BCUT2D eigenvalue weighted by Crippen LogP contribution is -2.31. The van der Waals surface area contributed by atoms with Gasteiger partial charge in [0.25, 0.3) is 0 Å². The van der Waals surface area contributed by atoms with Gasteiger partial charge in [0.1, 0.15) is 5.75 Å². The van der Waals surface area contributed by atoms with E-state index in [1.807, 2.05) is 42.6 Å². The fraction of sp³-hybridized carbons (Fsp3) is 0.231. The van der Waals surface area contributed by atoms with Crippen molar-refractivity contribution in [3.8, 4) is 22.8 Å². The second-order valence-electron chi connectivity index (χ2n) is 8.50. The summed E-state index contributed by atoms with van der Waals surface area (Å²) in [6.45, 7) is 6.93. The highest BCUT2D eigenvalue weighted by Gasteiger charge is 2.21. The van der Waals surface area contributed by atoms with Crippen LogP contribution in [0.4, 0.5) is 5.69 Å². The number of nitrogens with two attached hydrogens (primary N) is 1. The SMILES string of the molecule is Cc1cc(CN2CCc3nc(-c4ccc(N)cc4)ncc3C2)c(C)n1-c1cccc(O)c1. The predicted octanol–water partition coefficient (Wildman–Crippen LogP) is 4.40. The first-order chi connectivity index (χ1) is 15.5. The molecule has 1 aliphatic rings. The second kappa shape index (κ2) is 8.13. The molecule has 0 aliphatic carbocycles. The van der Waals surface area contributed by atoms with Gasteiger partial charge in [-0.1, -0.05) is 6.07 Å². The number of fused-ring (bicyclic) bond motifs is 1. The molecule has 4 aromatic rings. The van der Waals surface area contributed by atoms with E-state index in [1.54, 1.807) is 12.1 Å². The predicted molar refractivity (Wildman–Crippen MR) is 127 cm³/mol. The van der Waals surface area contributed by atoms with Crippen molar-refractivity contribution in [1.82, 2.24) is 19.4 Å². The van der Waals surface area contributed by atoms with Crippen LogP contribution >= 0.6 is 0 Å². The first kappa shape index (κ1) is 20.3. The van der Waals surface area contributed by atoms with Gasteiger partial charge in [-0.15, -0.1) is 0 Å². The van der Waals surface area contributed by atoms with Gasteiger partial charge in [-0.3, -0.25) is 4.90 Å². The van der Waals surface area contributed by atoms with Gasteiger partial charge in [0.05, 0.1) is 5.69 Å². The number of phenols is 1. The molecule has 0 unspecified atom stereocenters. The third-order valence-corrected chi connectivity index (χ3v) is 6.20. The Kier molecular flexibility index (Phi) is 5.15. The zero-order valence-electron chi connectivity index (χ0n) is 18.4. The molecule has 6 heteroatoms. The molecule has 0 bridgehead atoms. The Bertz CT molecular complexity index is 1280. The minimum Gasteiger partial charge on any atom is -0.508 e. The van der Waals surface area contributed by atoms with E-state index in [1.165, 1.54) is 16.8 Å². The van der Waals surface area contributed by atoms with Crippen molar-refractivity contribution >= 4 is 5.69 Å². The maximum atomic E-state index is 9.88. The van der Waals surface area contributed by atoms with Crippen LogP contribution in [-0.2, 0) is 19.5 Å². The molecule has 0 fully saturated rings. The highest BCUT2D eigenvalue weighted by Crippen LogP contribution is 2.27. The number of anilines is 1.